The minimum atomic E-state index is -0.276. The number of halogens is 1. The average Bonchev–Trinajstić information content (AvgIpc) is 3.41. The van der Waals surface area contributed by atoms with E-state index in [4.69, 9.17) is 4.84 Å². The Hall–Kier alpha value is -2.80. The second kappa shape index (κ2) is 8.62. The summed E-state index contributed by atoms with van der Waals surface area (Å²) in [6, 6.07) is 5.57. The van der Waals surface area contributed by atoms with Crippen molar-refractivity contribution in [3.63, 3.8) is 0 Å². The van der Waals surface area contributed by atoms with Crippen LogP contribution in [0.3, 0.4) is 0 Å². The molecule has 1 atom stereocenters. The highest BCUT2D eigenvalue weighted by Crippen LogP contribution is 2.37. The van der Waals surface area contributed by atoms with Crippen LogP contribution in [0, 0.1) is 31.5 Å². The Kier molecular flexibility index (Phi) is 5.67. The summed E-state index contributed by atoms with van der Waals surface area (Å²) in [4.78, 5) is 27.6. The van der Waals surface area contributed by atoms with Gasteiger partial charge in [0.25, 0.3) is 0 Å². The number of fused-ring (bicyclic) bond motifs is 1. The van der Waals surface area contributed by atoms with Crippen molar-refractivity contribution >= 4 is 11.6 Å². The molecule has 0 bridgehead atoms. The summed E-state index contributed by atoms with van der Waals surface area (Å²) in [7, 11) is 0. The van der Waals surface area contributed by atoms with Crippen LogP contribution in [0.5, 0.6) is 0 Å². The van der Waals surface area contributed by atoms with Crippen LogP contribution in [0.25, 0.3) is 5.65 Å². The Morgan fingerprint density at radius 3 is 2.69 bits per heavy atom. The number of carbonyl (C=O) groups is 1. The molecule has 0 N–H and O–H groups in total. The Morgan fingerprint density at radius 1 is 1.12 bits per heavy atom. The SMILES string of the molecule is Cc1ccc([C@@H]2CCON2C(=O)C2CCC(Cc3cc(F)c4nc(C)cn4c3)CC2)cn1. The molecule has 1 aliphatic heterocycles. The van der Waals surface area contributed by atoms with Gasteiger partial charge in [-0.1, -0.05) is 6.07 Å². The Morgan fingerprint density at radius 2 is 1.94 bits per heavy atom. The van der Waals surface area contributed by atoms with E-state index in [1.807, 2.05) is 44.6 Å². The van der Waals surface area contributed by atoms with Crippen LogP contribution in [0.15, 0.2) is 36.8 Å². The van der Waals surface area contributed by atoms with Crippen LogP contribution in [0.4, 0.5) is 4.39 Å². The average molecular weight is 437 g/mol. The molecular formula is C25H29FN4O2. The van der Waals surface area contributed by atoms with Gasteiger partial charge in [0.1, 0.15) is 0 Å². The third-order valence-corrected chi connectivity index (χ3v) is 6.84. The highest BCUT2D eigenvalue weighted by molar-refractivity contribution is 5.78. The number of rotatable bonds is 4. The summed E-state index contributed by atoms with van der Waals surface area (Å²) in [6.45, 7) is 4.38. The fraction of sp³-hybridized carbons (Fsp3) is 0.480. The summed E-state index contributed by atoms with van der Waals surface area (Å²) in [5.74, 6) is 0.257. The molecule has 0 aromatic carbocycles. The van der Waals surface area contributed by atoms with Crippen molar-refractivity contribution in [3.8, 4) is 0 Å². The second-order valence-corrected chi connectivity index (χ2v) is 9.27. The number of aromatic nitrogens is 3. The normalized spacial score (nSPS) is 23.7. The number of amides is 1. The van der Waals surface area contributed by atoms with E-state index in [0.717, 1.165) is 61.0 Å². The minimum absolute atomic E-state index is 0.0132. The van der Waals surface area contributed by atoms with Crippen LogP contribution in [-0.4, -0.2) is 31.9 Å². The van der Waals surface area contributed by atoms with Gasteiger partial charge in [-0.2, -0.15) is 0 Å². The third-order valence-electron chi connectivity index (χ3n) is 6.84. The lowest BCUT2D eigenvalue weighted by atomic mass is 9.79. The number of aryl methyl sites for hydroxylation is 2. The Bertz CT molecular complexity index is 1120. The molecule has 1 saturated heterocycles. The van der Waals surface area contributed by atoms with Crippen molar-refractivity contribution in [1.82, 2.24) is 19.4 Å². The second-order valence-electron chi connectivity index (χ2n) is 9.27. The first-order valence-electron chi connectivity index (χ1n) is 11.5. The zero-order chi connectivity index (χ0) is 22.2. The van der Waals surface area contributed by atoms with Gasteiger partial charge in [0.05, 0.1) is 18.3 Å². The van der Waals surface area contributed by atoms with Crippen molar-refractivity contribution in [3.05, 3.63) is 65.1 Å². The maximum absolute atomic E-state index is 14.4. The lowest BCUT2D eigenvalue weighted by Gasteiger charge is -2.32. The maximum atomic E-state index is 14.4. The number of hydrogen-bond acceptors (Lipinski definition) is 4. The maximum Gasteiger partial charge on any atom is 0.249 e. The number of imidazole rings is 1. The number of carbonyl (C=O) groups excluding carboxylic acids is 1. The van der Waals surface area contributed by atoms with E-state index in [0.29, 0.717) is 18.2 Å². The molecule has 7 heteroatoms. The topological polar surface area (TPSA) is 59.7 Å². The lowest BCUT2D eigenvalue weighted by molar-refractivity contribution is -0.183. The number of nitrogens with zero attached hydrogens (tertiary/aromatic N) is 4. The summed E-state index contributed by atoms with van der Waals surface area (Å²) >= 11 is 0. The van der Waals surface area contributed by atoms with E-state index in [9.17, 15) is 9.18 Å². The smallest absolute Gasteiger partial charge is 0.249 e. The lowest BCUT2D eigenvalue weighted by Crippen LogP contribution is -2.36. The standard InChI is InChI=1S/C25H29FN4O2/c1-16-3-6-21(13-27-16)23-9-10-32-30(23)25(31)20-7-4-18(5-8-20)11-19-12-22(26)24-28-17(2)14-29(24)15-19/h3,6,12-15,18,20,23H,4-5,7-11H2,1-2H3/t18?,20?,23-/m0/s1. The van der Waals surface area contributed by atoms with Gasteiger partial charge in [0.2, 0.25) is 5.91 Å². The minimum Gasteiger partial charge on any atom is -0.304 e. The van der Waals surface area contributed by atoms with Crippen molar-refractivity contribution in [2.24, 2.45) is 11.8 Å². The quantitative estimate of drug-likeness (QED) is 0.593. The van der Waals surface area contributed by atoms with Crippen LogP contribution in [-0.2, 0) is 16.1 Å². The molecule has 0 spiro atoms. The van der Waals surface area contributed by atoms with E-state index in [-0.39, 0.29) is 23.7 Å². The van der Waals surface area contributed by atoms with E-state index in [2.05, 4.69) is 9.97 Å². The van der Waals surface area contributed by atoms with Gasteiger partial charge in [0, 0.05) is 36.6 Å². The molecule has 32 heavy (non-hydrogen) atoms. The summed E-state index contributed by atoms with van der Waals surface area (Å²) in [5.41, 5.74) is 4.17. The zero-order valence-corrected chi connectivity index (χ0v) is 18.6. The fourth-order valence-electron chi connectivity index (χ4n) is 5.14. The molecule has 2 fully saturated rings. The van der Waals surface area contributed by atoms with Gasteiger partial charge >= 0.3 is 0 Å². The molecule has 1 amide bonds. The van der Waals surface area contributed by atoms with Gasteiger partial charge in [-0.25, -0.2) is 14.4 Å². The largest absolute Gasteiger partial charge is 0.304 e. The van der Waals surface area contributed by atoms with Crippen molar-refractivity contribution < 1.29 is 14.0 Å². The molecule has 3 aromatic heterocycles. The van der Waals surface area contributed by atoms with Crippen LogP contribution >= 0.6 is 0 Å². The van der Waals surface area contributed by atoms with E-state index < -0.39 is 0 Å². The Balaban J connectivity index is 1.21. The molecule has 1 saturated carbocycles. The molecule has 3 aromatic rings. The summed E-state index contributed by atoms with van der Waals surface area (Å²) < 4.78 is 16.2. The van der Waals surface area contributed by atoms with E-state index in [1.165, 1.54) is 0 Å². The van der Waals surface area contributed by atoms with Gasteiger partial charge in [-0.15, -0.1) is 0 Å². The van der Waals surface area contributed by atoms with Gasteiger partial charge < -0.3 is 4.40 Å². The van der Waals surface area contributed by atoms with E-state index in [1.54, 1.807) is 15.5 Å². The zero-order valence-electron chi connectivity index (χ0n) is 18.6. The molecule has 2 aliphatic rings. The molecule has 5 rings (SSSR count). The van der Waals surface area contributed by atoms with Gasteiger partial charge in [-0.05, 0) is 75.1 Å². The number of hydrogen-bond donors (Lipinski definition) is 0. The number of pyridine rings is 2. The van der Waals surface area contributed by atoms with Gasteiger partial charge in [-0.3, -0.25) is 14.6 Å². The first-order chi connectivity index (χ1) is 15.5. The van der Waals surface area contributed by atoms with Crippen LogP contribution in [0.1, 0.15) is 60.7 Å². The third kappa shape index (κ3) is 4.13. The van der Waals surface area contributed by atoms with Crippen molar-refractivity contribution in [2.45, 2.75) is 58.4 Å². The summed E-state index contributed by atoms with van der Waals surface area (Å²) in [6.07, 6.45) is 10.9. The molecule has 0 unspecified atom stereocenters. The molecule has 6 nitrogen and oxygen atoms in total. The monoisotopic (exact) mass is 436 g/mol. The number of hydroxylamine groups is 2. The highest BCUT2D eigenvalue weighted by Gasteiger charge is 2.37. The first-order valence-corrected chi connectivity index (χ1v) is 11.5. The van der Waals surface area contributed by atoms with Crippen molar-refractivity contribution in [2.75, 3.05) is 6.61 Å². The molecule has 1 aliphatic carbocycles. The van der Waals surface area contributed by atoms with E-state index >= 15 is 0 Å². The molecule has 0 radical (unpaired) electrons. The van der Waals surface area contributed by atoms with Crippen molar-refractivity contribution in [1.29, 1.82) is 0 Å². The molecular weight excluding hydrogens is 407 g/mol. The molecule has 168 valence electrons. The van der Waals surface area contributed by atoms with Crippen LogP contribution < -0.4 is 0 Å². The highest BCUT2D eigenvalue weighted by atomic mass is 19.1. The summed E-state index contributed by atoms with van der Waals surface area (Å²) in [5, 5.41) is 1.60. The predicted octanol–water partition coefficient (Wildman–Crippen LogP) is 4.74. The fourth-order valence-corrected chi connectivity index (χ4v) is 5.14. The Labute approximate surface area is 187 Å². The van der Waals surface area contributed by atoms with Crippen LogP contribution in [0.2, 0.25) is 0 Å². The molecule has 4 heterocycles. The first kappa shape index (κ1) is 21.1. The van der Waals surface area contributed by atoms with Gasteiger partial charge in [0.15, 0.2) is 11.5 Å². The predicted molar refractivity (Wildman–Crippen MR) is 118 cm³/mol.